The molecule has 4 aromatic rings. The summed E-state index contributed by atoms with van der Waals surface area (Å²) in [7, 11) is 0. The molecule has 0 aliphatic carbocycles. The highest BCUT2D eigenvalue weighted by molar-refractivity contribution is 5.98. The van der Waals surface area contributed by atoms with Gasteiger partial charge in [0, 0.05) is 39.3 Å². The predicted octanol–water partition coefficient (Wildman–Crippen LogP) is 8.20. The van der Waals surface area contributed by atoms with Gasteiger partial charge in [-0.15, -0.1) is 0 Å². The van der Waals surface area contributed by atoms with Crippen molar-refractivity contribution in [3.8, 4) is 17.0 Å². The van der Waals surface area contributed by atoms with Crippen molar-refractivity contribution in [2.24, 2.45) is 0 Å². The lowest BCUT2D eigenvalue weighted by molar-refractivity contribution is -0.265. The van der Waals surface area contributed by atoms with Gasteiger partial charge in [-0.2, -0.15) is 13.2 Å². The van der Waals surface area contributed by atoms with Crippen LogP contribution in [0.15, 0.2) is 60.8 Å². The maximum atomic E-state index is 14.5. The van der Waals surface area contributed by atoms with Crippen LogP contribution in [0.25, 0.3) is 22.2 Å². The summed E-state index contributed by atoms with van der Waals surface area (Å²) in [5.41, 5.74) is -3.59. The molecule has 0 bridgehead atoms. The van der Waals surface area contributed by atoms with Crippen molar-refractivity contribution in [1.82, 2.24) is 15.3 Å². The molecule has 0 unspecified atom stereocenters. The molecule has 242 valence electrons. The first-order valence-electron chi connectivity index (χ1n) is 14.7. The molecule has 0 fully saturated rings. The second-order valence-electron chi connectivity index (χ2n) is 11.0. The third-order valence-electron chi connectivity index (χ3n) is 6.95. The van der Waals surface area contributed by atoms with Gasteiger partial charge in [0.05, 0.1) is 24.4 Å². The van der Waals surface area contributed by atoms with E-state index in [4.69, 9.17) is 4.74 Å². The van der Waals surface area contributed by atoms with Crippen LogP contribution in [-0.4, -0.2) is 40.3 Å². The molecule has 0 saturated carbocycles. The molecule has 2 aromatic carbocycles. The highest BCUT2D eigenvalue weighted by Crippen LogP contribution is 2.47. The van der Waals surface area contributed by atoms with Crippen LogP contribution in [0, 0.1) is 5.82 Å². The Morgan fingerprint density at radius 2 is 1.69 bits per heavy atom. The van der Waals surface area contributed by atoms with Crippen molar-refractivity contribution in [1.29, 1.82) is 0 Å². The zero-order chi connectivity index (χ0) is 33.6. The van der Waals surface area contributed by atoms with E-state index >= 15 is 0 Å². The summed E-state index contributed by atoms with van der Waals surface area (Å²) in [6.45, 7) is 9.94. The Labute approximate surface area is 259 Å². The number of ether oxygens (including phenoxy) is 1. The Morgan fingerprint density at radius 3 is 2.29 bits per heavy atom. The van der Waals surface area contributed by atoms with Gasteiger partial charge in [-0.25, -0.2) is 13.8 Å². The highest BCUT2D eigenvalue weighted by atomic mass is 19.4. The first kappa shape index (κ1) is 35.4. The molecule has 3 heterocycles. The van der Waals surface area contributed by atoms with Gasteiger partial charge >= 0.3 is 6.18 Å². The first-order chi connectivity index (χ1) is 21.2. The minimum absolute atomic E-state index is 0.00159. The molecule has 45 heavy (non-hydrogen) atoms. The van der Waals surface area contributed by atoms with Crippen molar-refractivity contribution in [2.75, 3.05) is 13.2 Å². The fourth-order valence-corrected chi connectivity index (χ4v) is 4.57. The number of amides is 1. The van der Waals surface area contributed by atoms with Crippen LogP contribution < -0.4 is 10.1 Å². The molecular formula is C34H38F5N3O3. The van der Waals surface area contributed by atoms with Crippen LogP contribution >= 0.6 is 0 Å². The third kappa shape index (κ3) is 7.58. The molecule has 0 radical (unpaired) electrons. The lowest BCUT2D eigenvalue weighted by atomic mass is 9.84. The molecule has 1 amide bonds. The monoisotopic (exact) mass is 631 g/mol. The van der Waals surface area contributed by atoms with E-state index in [9.17, 15) is 31.9 Å². The Hall–Kier alpha value is -4.12. The van der Waals surface area contributed by atoms with E-state index in [1.165, 1.54) is 49.0 Å². The number of alkyl halides is 4. The van der Waals surface area contributed by atoms with Crippen molar-refractivity contribution < 1.29 is 36.6 Å². The summed E-state index contributed by atoms with van der Waals surface area (Å²) in [6, 6.07) is 11.8. The molecule has 2 aromatic heterocycles. The molecule has 1 aliphatic rings. The Bertz CT molecular complexity index is 1620. The van der Waals surface area contributed by atoms with Gasteiger partial charge in [0.15, 0.2) is 0 Å². The molecule has 0 saturated heterocycles. The van der Waals surface area contributed by atoms with E-state index in [1.54, 1.807) is 13.8 Å². The number of carbonyl (C=O) groups excluding carboxylic acids is 1. The number of rotatable bonds is 6. The highest BCUT2D eigenvalue weighted by Gasteiger charge is 2.57. The Balaban J connectivity index is 0.00000104. The fraction of sp³-hybridized carbons (Fsp3) is 0.382. The number of benzene rings is 2. The summed E-state index contributed by atoms with van der Waals surface area (Å²) in [4.78, 5) is 21.1. The smallest absolute Gasteiger partial charge is 0.424 e. The van der Waals surface area contributed by atoms with Gasteiger partial charge in [0.2, 0.25) is 5.60 Å². The van der Waals surface area contributed by atoms with E-state index in [2.05, 4.69) is 29.1 Å². The predicted molar refractivity (Wildman–Crippen MR) is 164 cm³/mol. The van der Waals surface area contributed by atoms with Crippen LogP contribution in [0.3, 0.4) is 0 Å². The number of carbonyl (C=O) groups is 1. The number of hydrogen-bond donors (Lipinski definition) is 2. The van der Waals surface area contributed by atoms with E-state index in [-0.39, 0.29) is 29.2 Å². The van der Waals surface area contributed by atoms with Gasteiger partial charge in [0.25, 0.3) is 5.91 Å². The molecular weight excluding hydrogens is 593 g/mol. The Morgan fingerprint density at radius 1 is 1.04 bits per heavy atom. The van der Waals surface area contributed by atoms with Crippen molar-refractivity contribution in [3.05, 3.63) is 89.0 Å². The summed E-state index contributed by atoms with van der Waals surface area (Å²) >= 11 is 0. The molecule has 0 spiro atoms. The van der Waals surface area contributed by atoms with E-state index < -0.39 is 47.8 Å². The number of nitrogens with zero attached hydrogens (tertiary/aromatic N) is 2. The van der Waals surface area contributed by atoms with Crippen molar-refractivity contribution in [2.45, 2.75) is 71.8 Å². The molecule has 5 rings (SSSR count). The third-order valence-corrected chi connectivity index (χ3v) is 6.95. The van der Waals surface area contributed by atoms with Crippen LogP contribution in [0.1, 0.15) is 75.1 Å². The first-order valence-corrected chi connectivity index (χ1v) is 14.7. The molecule has 11 heteroatoms. The number of nitrogens with one attached hydrogen (secondary N) is 1. The number of aromatic nitrogens is 2. The quantitative estimate of drug-likeness (QED) is 0.210. The average molecular weight is 632 g/mol. The SMILES string of the molecule is CC.CC1(C)COc2c1cc([C@@](O)(CNC(=O)c1ccc3ncc(CF)cc3c1)C(F)(F)F)nc2-c1ccc(F)cc1.CCC. The fourth-order valence-electron chi connectivity index (χ4n) is 4.57. The van der Waals surface area contributed by atoms with Gasteiger partial charge < -0.3 is 15.2 Å². The largest absolute Gasteiger partial charge is 0.490 e. The van der Waals surface area contributed by atoms with Gasteiger partial charge in [0.1, 0.15) is 23.9 Å². The van der Waals surface area contributed by atoms with Crippen molar-refractivity contribution in [3.63, 3.8) is 0 Å². The molecule has 1 aliphatic heterocycles. The van der Waals surface area contributed by atoms with E-state index in [1.807, 2.05) is 13.8 Å². The average Bonchev–Trinajstić information content (AvgIpc) is 3.33. The van der Waals surface area contributed by atoms with Gasteiger partial charge in [-0.1, -0.05) is 48.0 Å². The normalized spacial score (nSPS) is 14.6. The zero-order valence-electron chi connectivity index (χ0n) is 26.1. The maximum absolute atomic E-state index is 14.5. The van der Waals surface area contributed by atoms with Gasteiger partial charge in [-0.05, 0) is 54.6 Å². The Kier molecular flexibility index (Phi) is 11.3. The standard InChI is InChI=1S/C29H24F5N3O3.C3H8.C2H6/c1-27(2)15-40-25-21(27)11-23(37-24(25)17-3-6-20(31)7-4-17)28(39,29(32,33)34)14-36-26(38)18-5-8-22-19(10-18)9-16(12-30)13-35-22;1-3-2;1-2/h3-11,13,39H,12,14-15H2,1-2H3,(H,36,38);3H2,1-2H3;1-2H3/t28-;;/m0../s1. The van der Waals surface area contributed by atoms with E-state index in [0.29, 0.717) is 22.0 Å². The molecule has 2 N–H and O–H groups in total. The second kappa shape index (κ2) is 14.3. The number of pyridine rings is 2. The van der Waals surface area contributed by atoms with Gasteiger partial charge in [-0.3, -0.25) is 9.78 Å². The molecule has 1 atom stereocenters. The lowest BCUT2D eigenvalue weighted by Crippen LogP contribution is -2.51. The van der Waals surface area contributed by atoms with Crippen LogP contribution in [0.5, 0.6) is 5.75 Å². The minimum Gasteiger partial charge on any atom is -0.490 e. The summed E-state index contributed by atoms with van der Waals surface area (Å²) in [6.07, 6.45) is -2.64. The van der Waals surface area contributed by atoms with Crippen LogP contribution in [0.4, 0.5) is 22.0 Å². The minimum atomic E-state index is -5.24. The van der Waals surface area contributed by atoms with Crippen LogP contribution in [0.2, 0.25) is 0 Å². The van der Waals surface area contributed by atoms with Crippen molar-refractivity contribution >= 4 is 16.8 Å². The summed E-state index contributed by atoms with van der Waals surface area (Å²) in [5.74, 6) is -1.19. The summed E-state index contributed by atoms with van der Waals surface area (Å²) in [5, 5.41) is 13.7. The molecule has 6 nitrogen and oxygen atoms in total. The number of halogens is 5. The second-order valence-corrected chi connectivity index (χ2v) is 11.0. The van der Waals surface area contributed by atoms with Crippen LogP contribution in [-0.2, 0) is 17.7 Å². The number of hydrogen-bond acceptors (Lipinski definition) is 5. The van der Waals surface area contributed by atoms with E-state index in [0.717, 1.165) is 18.2 Å². The summed E-state index contributed by atoms with van der Waals surface area (Å²) < 4.78 is 75.9. The lowest BCUT2D eigenvalue weighted by Gasteiger charge is -2.31. The maximum Gasteiger partial charge on any atom is 0.424 e. The number of fused-ring (bicyclic) bond motifs is 2. The zero-order valence-corrected chi connectivity index (χ0v) is 26.1. The topological polar surface area (TPSA) is 84.3 Å². The number of aliphatic hydroxyl groups is 1.